The summed E-state index contributed by atoms with van der Waals surface area (Å²) in [6.45, 7) is 0. The SMILES string of the molecule is Sc1cc2nc(-c3ccccc3)sc2cc1-c1cccc(-c2ccc(N(c3ccc(-c4ccccc4)cc3)c3cccc4oc5ccccc5c34)cc2)c1. The van der Waals surface area contributed by atoms with Crippen molar-refractivity contribution in [2.24, 2.45) is 0 Å². The second kappa shape index (κ2) is 13.5. The van der Waals surface area contributed by atoms with Gasteiger partial charge >= 0.3 is 0 Å². The lowest BCUT2D eigenvalue weighted by atomic mass is 9.98. The first-order valence-electron chi connectivity index (χ1n) is 17.9. The maximum Gasteiger partial charge on any atom is 0.137 e. The molecule has 2 aromatic heterocycles. The fourth-order valence-corrected chi connectivity index (χ4v) is 8.68. The van der Waals surface area contributed by atoms with Crippen LogP contribution in [0, 0.1) is 0 Å². The van der Waals surface area contributed by atoms with E-state index in [1.165, 1.54) is 11.1 Å². The number of thiazole rings is 1. The van der Waals surface area contributed by atoms with Crippen molar-refractivity contribution < 1.29 is 4.42 Å². The normalized spacial score (nSPS) is 11.4. The lowest BCUT2D eigenvalue weighted by molar-refractivity contribution is 0.669. The highest BCUT2D eigenvalue weighted by Gasteiger charge is 2.20. The number of aromatic nitrogens is 1. The molecule has 10 rings (SSSR count). The van der Waals surface area contributed by atoms with Gasteiger partial charge in [0.25, 0.3) is 0 Å². The monoisotopic (exact) mass is 728 g/mol. The molecule has 10 aromatic rings. The van der Waals surface area contributed by atoms with E-state index < -0.39 is 0 Å². The molecule has 8 aromatic carbocycles. The van der Waals surface area contributed by atoms with Crippen LogP contribution in [0.3, 0.4) is 0 Å². The summed E-state index contributed by atoms with van der Waals surface area (Å²) in [5, 5.41) is 3.20. The van der Waals surface area contributed by atoms with Crippen molar-refractivity contribution in [3.8, 4) is 44.0 Å². The van der Waals surface area contributed by atoms with Gasteiger partial charge in [0.1, 0.15) is 16.2 Å². The smallest absolute Gasteiger partial charge is 0.137 e. The minimum Gasteiger partial charge on any atom is -0.456 e. The van der Waals surface area contributed by atoms with E-state index in [-0.39, 0.29) is 0 Å². The minimum atomic E-state index is 0.865. The Morgan fingerprint density at radius 3 is 1.80 bits per heavy atom. The molecule has 0 fully saturated rings. The van der Waals surface area contributed by atoms with Crippen LogP contribution in [0.4, 0.5) is 17.1 Å². The van der Waals surface area contributed by atoms with Crippen LogP contribution in [-0.4, -0.2) is 4.98 Å². The molecular weight excluding hydrogens is 697 g/mol. The number of benzene rings is 8. The van der Waals surface area contributed by atoms with E-state index in [4.69, 9.17) is 22.0 Å². The molecule has 0 N–H and O–H groups in total. The highest BCUT2D eigenvalue weighted by Crippen LogP contribution is 2.44. The number of para-hydroxylation sites is 1. The summed E-state index contributed by atoms with van der Waals surface area (Å²) < 4.78 is 7.48. The molecule has 0 radical (unpaired) electrons. The van der Waals surface area contributed by atoms with E-state index in [1.807, 2.05) is 18.2 Å². The van der Waals surface area contributed by atoms with Crippen LogP contribution < -0.4 is 4.90 Å². The minimum absolute atomic E-state index is 0.865. The van der Waals surface area contributed by atoms with Crippen molar-refractivity contribution in [1.82, 2.24) is 4.98 Å². The van der Waals surface area contributed by atoms with Crippen molar-refractivity contribution in [2.45, 2.75) is 4.90 Å². The summed E-state index contributed by atoms with van der Waals surface area (Å²) in [4.78, 5) is 8.16. The molecule has 0 aliphatic heterocycles. The zero-order valence-electron chi connectivity index (χ0n) is 29.1. The number of hydrogen-bond acceptors (Lipinski definition) is 5. The summed E-state index contributed by atoms with van der Waals surface area (Å²) in [5.74, 6) is 0. The number of nitrogens with zero attached hydrogens (tertiary/aromatic N) is 2. The number of anilines is 3. The summed E-state index contributed by atoms with van der Waals surface area (Å²) in [5.41, 5.74) is 13.9. The maximum absolute atomic E-state index is 6.34. The van der Waals surface area contributed by atoms with Crippen molar-refractivity contribution in [3.05, 3.63) is 188 Å². The molecule has 5 heteroatoms. The fourth-order valence-electron chi connectivity index (χ4n) is 7.37. The van der Waals surface area contributed by atoms with Gasteiger partial charge in [0.15, 0.2) is 0 Å². The van der Waals surface area contributed by atoms with Gasteiger partial charge in [-0.2, -0.15) is 0 Å². The number of rotatable bonds is 7. The molecular formula is C49H32N2OS2. The molecule has 0 bridgehead atoms. The molecule has 0 atom stereocenters. The molecule has 0 aliphatic rings. The Hall–Kier alpha value is -6.40. The third-order valence-corrected chi connectivity index (χ3v) is 11.5. The average Bonchev–Trinajstić information content (AvgIpc) is 3.83. The third-order valence-electron chi connectivity index (χ3n) is 10.0. The Kier molecular flexibility index (Phi) is 8.09. The summed E-state index contributed by atoms with van der Waals surface area (Å²) in [6, 6.07) is 66.2. The Morgan fingerprint density at radius 1 is 0.481 bits per heavy atom. The highest BCUT2D eigenvalue weighted by atomic mass is 32.1. The predicted molar refractivity (Wildman–Crippen MR) is 231 cm³/mol. The number of thiol groups is 1. The third kappa shape index (κ3) is 5.84. The molecule has 0 spiro atoms. The van der Waals surface area contributed by atoms with E-state index in [2.05, 4.69) is 175 Å². The standard InChI is InChI=1S/C49H32N2OS2/c53-46-31-42-47(54-49(50-42)35-13-5-2-6-14-35)30-41(46)37-16-9-15-36(29-37)34-23-27-39(28-24-34)51(38-25-21-33(22-26-38)32-11-3-1-4-12-32)43-18-10-20-45-48(43)40-17-7-8-19-44(40)52-45/h1-31,53H. The van der Waals surface area contributed by atoms with Gasteiger partial charge in [-0.05, 0) is 94.0 Å². The Bertz CT molecular complexity index is 2930. The molecule has 3 nitrogen and oxygen atoms in total. The number of fused-ring (bicyclic) bond motifs is 4. The first-order valence-corrected chi connectivity index (χ1v) is 19.2. The van der Waals surface area contributed by atoms with Gasteiger partial charge in [-0.15, -0.1) is 24.0 Å². The Balaban J connectivity index is 1.03. The van der Waals surface area contributed by atoms with Gasteiger partial charge in [0, 0.05) is 27.2 Å². The van der Waals surface area contributed by atoms with Crippen molar-refractivity contribution in [1.29, 1.82) is 0 Å². The van der Waals surface area contributed by atoms with Crippen LogP contribution in [-0.2, 0) is 0 Å². The lowest BCUT2D eigenvalue weighted by Gasteiger charge is -2.26. The van der Waals surface area contributed by atoms with Gasteiger partial charge in [-0.25, -0.2) is 4.98 Å². The molecule has 0 saturated carbocycles. The van der Waals surface area contributed by atoms with Gasteiger partial charge < -0.3 is 9.32 Å². The Labute approximate surface area is 322 Å². The average molecular weight is 729 g/mol. The van der Waals surface area contributed by atoms with Crippen molar-refractivity contribution in [3.63, 3.8) is 0 Å². The van der Waals surface area contributed by atoms with Crippen LogP contribution in [0.5, 0.6) is 0 Å². The topological polar surface area (TPSA) is 29.3 Å². The Morgan fingerprint density at radius 2 is 1.06 bits per heavy atom. The van der Waals surface area contributed by atoms with E-state index in [1.54, 1.807) is 11.3 Å². The van der Waals surface area contributed by atoms with Crippen LogP contribution in [0.2, 0.25) is 0 Å². The van der Waals surface area contributed by atoms with E-state index >= 15 is 0 Å². The molecule has 0 amide bonds. The molecule has 0 aliphatic carbocycles. The zero-order chi connectivity index (χ0) is 36.0. The highest BCUT2D eigenvalue weighted by molar-refractivity contribution is 7.80. The van der Waals surface area contributed by atoms with Crippen LogP contribution in [0.1, 0.15) is 0 Å². The fraction of sp³-hybridized carbons (Fsp3) is 0. The first-order chi connectivity index (χ1) is 26.7. The van der Waals surface area contributed by atoms with Crippen molar-refractivity contribution >= 4 is 73.2 Å². The molecule has 54 heavy (non-hydrogen) atoms. The second-order valence-electron chi connectivity index (χ2n) is 13.3. The maximum atomic E-state index is 6.34. The zero-order valence-corrected chi connectivity index (χ0v) is 30.8. The molecule has 0 unspecified atom stereocenters. The second-order valence-corrected chi connectivity index (χ2v) is 14.9. The number of furan rings is 1. The summed E-state index contributed by atoms with van der Waals surface area (Å²) in [6.07, 6.45) is 0. The van der Waals surface area contributed by atoms with Crippen molar-refractivity contribution in [2.75, 3.05) is 4.90 Å². The van der Waals surface area contributed by atoms with Gasteiger partial charge in [0.2, 0.25) is 0 Å². The van der Waals surface area contributed by atoms with Gasteiger partial charge in [-0.3, -0.25) is 0 Å². The quantitative estimate of drug-likeness (QED) is 0.166. The number of hydrogen-bond donors (Lipinski definition) is 1. The van der Waals surface area contributed by atoms with Crippen LogP contribution in [0.25, 0.3) is 76.1 Å². The predicted octanol–water partition coefficient (Wildman–Crippen LogP) is 14.6. The van der Waals surface area contributed by atoms with E-state index in [9.17, 15) is 0 Å². The van der Waals surface area contributed by atoms with E-state index in [0.29, 0.717) is 0 Å². The van der Waals surface area contributed by atoms with E-state index in [0.717, 1.165) is 86.9 Å². The molecule has 0 saturated heterocycles. The largest absolute Gasteiger partial charge is 0.456 e. The molecule has 2 heterocycles. The summed E-state index contributed by atoms with van der Waals surface area (Å²) >= 11 is 6.65. The van der Waals surface area contributed by atoms with Gasteiger partial charge in [0.05, 0.1) is 21.3 Å². The van der Waals surface area contributed by atoms with Crippen LogP contribution in [0.15, 0.2) is 197 Å². The van der Waals surface area contributed by atoms with Crippen LogP contribution >= 0.6 is 24.0 Å². The lowest BCUT2D eigenvalue weighted by Crippen LogP contribution is -2.10. The molecule has 256 valence electrons. The first kappa shape index (κ1) is 32.3. The summed E-state index contributed by atoms with van der Waals surface area (Å²) in [7, 11) is 0. The van der Waals surface area contributed by atoms with Gasteiger partial charge in [-0.1, -0.05) is 127 Å².